The summed E-state index contributed by atoms with van der Waals surface area (Å²) in [5.74, 6) is -0.750. The second kappa shape index (κ2) is 5.79. The minimum absolute atomic E-state index is 0.00116. The Balaban J connectivity index is 2.28. The first-order valence-electron chi connectivity index (χ1n) is 5.69. The van der Waals surface area contributed by atoms with Gasteiger partial charge in [-0.25, -0.2) is 4.39 Å². The van der Waals surface area contributed by atoms with Gasteiger partial charge in [0, 0.05) is 18.1 Å². The Labute approximate surface area is 119 Å². The number of benzene rings is 2. The van der Waals surface area contributed by atoms with Crippen LogP contribution in [0, 0.1) is 15.9 Å². The van der Waals surface area contributed by atoms with Crippen LogP contribution >= 0.6 is 11.6 Å². The number of ketones is 1. The fraction of sp³-hybridized carbons (Fsp3) is 0.0714. The normalized spacial score (nSPS) is 10.3. The van der Waals surface area contributed by atoms with Gasteiger partial charge in [0.25, 0.3) is 5.69 Å². The molecule has 2 aromatic rings. The number of nitrogens with zero attached hydrogens (tertiary/aromatic N) is 1. The van der Waals surface area contributed by atoms with Crippen molar-refractivity contribution >= 4 is 23.1 Å². The Kier molecular flexibility index (Phi) is 4.10. The number of nitro benzene ring substituents is 1. The van der Waals surface area contributed by atoms with Gasteiger partial charge in [-0.2, -0.15) is 0 Å². The maximum absolute atomic E-state index is 12.8. The van der Waals surface area contributed by atoms with E-state index in [1.807, 2.05) is 0 Å². The largest absolute Gasteiger partial charge is 0.294 e. The third-order valence-corrected chi connectivity index (χ3v) is 3.15. The zero-order valence-electron chi connectivity index (χ0n) is 10.2. The van der Waals surface area contributed by atoms with Gasteiger partial charge in [-0.05, 0) is 23.8 Å². The highest BCUT2D eigenvalue weighted by molar-refractivity contribution is 6.36. The predicted molar refractivity (Wildman–Crippen MR) is 72.5 cm³/mol. The third kappa shape index (κ3) is 3.00. The Morgan fingerprint density at radius 1 is 1.20 bits per heavy atom. The van der Waals surface area contributed by atoms with Crippen LogP contribution in [0.25, 0.3) is 0 Å². The maximum atomic E-state index is 12.8. The second-order valence-corrected chi connectivity index (χ2v) is 4.50. The smallest absolute Gasteiger partial charge is 0.288 e. The minimum atomic E-state index is -0.642. The van der Waals surface area contributed by atoms with Crippen LogP contribution in [0.4, 0.5) is 10.1 Å². The molecule has 0 radical (unpaired) electrons. The molecule has 4 nitrogen and oxygen atoms in total. The van der Waals surface area contributed by atoms with Gasteiger partial charge in [0.2, 0.25) is 0 Å². The van der Waals surface area contributed by atoms with Crippen LogP contribution < -0.4 is 0 Å². The van der Waals surface area contributed by atoms with Crippen molar-refractivity contribution < 1.29 is 14.1 Å². The summed E-state index contributed by atoms with van der Waals surface area (Å²) in [6.45, 7) is 0. The molecular formula is C14H9ClFNO3. The lowest BCUT2D eigenvalue weighted by atomic mass is 10.0. The van der Waals surface area contributed by atoms with Gasteiger partial charge in [-0.15, -0.1) is 0 Å². The standard InChI is InChI=1S/C14H9ClFNO3/c15-14-11(2-1-3-12(14)17(19)20)13(18)8-9-4-6-10(16)7-5-9/h1-7H,8H2. The van der Waals surface area contributed by atoms with Crippen molar-refractivity contribution in [3.63, 3.8) is 0 Å². The van der Waals surface area contributed by atoms with E-state index in [1.54, 1.807) is 0 Å². The number of rotatable bonds is 4. The number of carbonyl (C=O) groups is 1. The van der Waals surface area contributed by atoms with Crippen molar-refractivity contribution in [3.05, 3.63) is 74.5 Å². The Hall–Kier alpha value is -2.27. The van der Waals surface area contributed by atoms with Crippen molar-refractivity contribution in [3.8, 4) is 0 Å². The van der Waals surface area contributed by atoms with E-state index in [9.17, 15) is 19.3 Å². The molecule has 0 aliphatic carbocycles. The zero-order chi connectivity index (χ0) is 14.7. The Morgan fingerprint density at radius 3 is 2.45 bits per heavy atom. The highest BCUT2D eigenvalue weighted by atomic mass is 35.5. The van der Waals surface area contributed by atoms with Crippen LogP contribution in [-0.2, 0) is 6.42 Å². The molecule has 0 spiro atoms. The summed E-state index contributed by atoms with van der Waals surface area (Å²) in [5, 5.41) is 10.6. The molecular weight excluding hydrogens is 285 g/mol. The molecule has 0 saturated carbocycles. The summed E-state index contributed by atoms with van der Waals surface area (Å²) in [4.78, 5) is 22.2. The summed E-state index contributed by atoms with van der Waals surface area (Å²) < 4.78 is 12.8. The van der Waals surface area contributed by atoms with Gasteiger partial charge in [0.05, 0.1) is 4.92 Å². The van der Waals surface area contributed by atoms with Gasteiger partial charge in [-0.3, -0.25) is 14.9 Å². The number of hydrogen-bond donors (Lipinski definition) is 0. The Morgan fingerprint density at radius 2 is 1.85 bits per heavy atom. The van der Waals surface area contributed by atoms with Crippen LogP contribution in [0.15, 0.2) is 42.5 Å². The van der Waals surface area contributed by atoms with E-state index in [4.69, 9.17) is 11.6 Å². The number of nitro groups is 1. The van der Waals surface area contributed by atoms with Gasteiger partial charge >= 0.3 is 0 Å². The SMILES string of the molecule is O=C(Cc1ccc(F)cc1)c1cccc([N+](=O)[O-])c1Cl. The number of carbonyl (C=O) groups excluding carboxylic acids is 1. The van der Waals surface area contributed by atoms with Crippen molar-refractivity contribution in [2.24, 2.45) is 0 Å². The lowest BCUT2D eigenvalue weighted by molar-refractivity contribution is -0.384. The molecule has 0 heterocycles. The fourth-order valence-corrected chi connectivity index (χ4v) is 2.06. The lowest BCUT2D eigenvalue weighted by Crippen LogP contribution is -2.05. The molecule has 0 saturated heterocycles. The van der Waals surface area contributed by atoms with Gasteiger partial charge in [0.1, 0.15) is 10.8 Å². The van der Waals surface area contributed by atoms with Crippen LogP contribution in [0.3, 0.4) is 0 Å². The molecule has 20 heavy (non-hydrogen) atoms. The average Bonchev–Trinajstić information content (AvgIpc) is 2.41. The molecule has 0 amide bonds. The molecule has 102 valence electrons. The van der Waals surface area contributed by atoms with Crippen LogP contribution in [0.1, 0.15) is 15.9 Å². The molecule has 0 atom stereocenters. The molecule has 0 fully saturated rings. The van der Waals surface area contributed by atoms with Crippen molar-refractivity contribution in [1.29, 1.82) is 0 Å². The first-order chi connectivity index (χ1) is 9.49. The molecule has 0 unspecified atom stereocenters. The summed E-state index contributed by atoms with van der Waals surface area (Å²) in [6.07, 6.45) is 0.00116. The lowest BCUT2D eigenvalue weighted by Gasteiger charge is -2.04. The molecule has 0 bridgehead atoms. The highest BCUT2D eigenvalue weighted by Gasteiger charge is 2.19. The van der Waals surface area contributed by atoms with E-state index >= 15 is 0 Å². The minimum Gasteiger partial charge on any atom is -0.294 e. The fourth-order valence-electron chi connectivity index (χ4n) is 1.76. The monoisotopic (exact) mass is 293 g/mol. The van der Waals surface area contributed by atoms with Crippen molar-refractivity contribution in [1.82, 2.24) is 0 Å². The van der Waals surface area contributed by atoms with Gasteiger partial charge in [0.15, 0.2) is 5.78 Å². The van der Waals surface area contributed by atoms with E-state index in [0.29, 0.717) is 5.56 Å². The molecule has 0 N–H and O–H groups in total. The molecule has 0 aliphatic rings. The molecule has 0 aliphatic heterocycles. The topological polar surface area (TPSA) is 60.2 Å². The quantitative estimate of drug-likeness (QED) is 0.489. The average molecular weight is 294 g/mol. The van der Waals surface area contributed by atoms with Crippen molar-refractivity contribution in [2.75, 3.05) is 0 Å². The zero-order valence-corrected chi connectivity index (χ0v) is 10.9. The van der Waals surface area contributed by atoms with Crippen molar-refractivity contribution in [2.45, 2.75) is 6.42 Å². The van der Waals surface area contributed by atoms with Gasteiger partial charge in [-0.1, -0.05) is 29.8 Å². The maximum Gasteiger partial charge on any atom is 0.288 e. The number of hydrogen-bond acceptors (Lipinski definition) is 3. The molecule has 0 aromatic heterocycles. The highest BCUT2D eigenvalue weighted by Crippen LogP contribution is 2.28. The van der Waals surface area contributed by atoms with Crippen LogP contribution in [0.5, 0.6) is 0 Å². The summed E-state index contributed by atoms with van der Waals surface area (Å²) in [5.41, 5.74) is 0.390. The summed E-state index contributed by atoms with van der Waals surface area (Å²) >= 11 is 5.87. The summed E-state index contributed by atoms with van der Waals surface area (Å²) in [7, 11) is 0. The van der Waals surface area contributed by atoms with Crippen LogP contribution in [0.2, 0.25) is 5.02 Å². The summed E-state index contributed by atoms with van der Waals surface area (Å²) in [6, 6.07) is 9.53. The van der Waals surface area contributed by atoms with E-state index in [1.165, 1.54) is 42.5 Å². The third-order valence-electron chi connectivity index (χ3n) is 2.75. The predicted octanol–water partition coefficient (Wildman–Crippen LogP) is 3.81. The number of halogens is 2. The van der Waals surface area contributed by atoms with Crippen LogP contribution in [-0.4, -0.2) is 10.7 Å². The number of Topliss-reactive ketones (excluding diaryl/α,β-unsaturated/α-hetero) is 1. The molecule has 6 heteroatoms. The van der Waals surface area contributed by atoms with E-state index in [2.05, 4.69) is 0 Å². The van der Waals surface area contributed by atoms with E-state index < -0.39 is 10.7 Å². The second-order valence-electron chi connectivity index (χ2n) is 4.12. The Bertz CT molecular complexity index is 671. The van der Waals surface area contributed by atoms with E-state index in [0.717, 1.165) is 0 Å². The molecule has 2 rings (SSSR count). The first kappa shape index (κ1) is 14.1. The molecule has 2 aromatic carbocycles. The first-order valence-corrected chi connectivity index (χ1v) is 6.07. The van der Waals surface area contributed by atoms with E-state index in [-0.39, 0.29) is 28.5 Å². The van der Waals surface area contributed by atoms with Gasteiger partial charge < -0.3 is 0 Å².